The number of hydrogen-bond acceptors (Lipinski definition) is 1. The molecule has 1 aliphatic rings. The first kappa shape index (κ1) is 20.1. The van der Waals surface area contributed by atoms with Gasteiger partial charge in [-0.2, -0.15) is 0 Å². The summed E-state index contributed by atoms with van der Waals surface area (Å²) in [7, 11) is 0. The van der Waals surface area contributed by atoms with Gasteiger partial charge in [-0.1, -0.05) is 101 Å². The summed E-state index contributed by atoms with van der Waals surface area (Å²) < 4.78 is 0. The first-order chi connectivity index (χ1) is 12.3. The Bertz CT molecular complexity index is 503. The SMILES string of the molecule is CCCCCCCCCCCCCCN1CC=Cc2cc(C)ccc21. The van der Waals surface area contributed by atoms with Crippen LogP contribution in [0.2, 0.25) is 0 Å². The standard InChI is InChI=1S/C24H39N/c1-3-4-5-6-7-8-9-10-11-12-13-14-19-25-20-15-16-23-21-22(2)17-18-24(23)25/h15-18,21H,3-14,19-20H2,1-2H3. The zero-order valence-corrected chi connectivity index (χ0v) is 16.7. The third-order valence-corrected chi connectivity index (χ3v) is 5.43. The minimum Gasteiger partial charge on any atom is -0.367 e. The van der Waals surface area contributed by atoms with Crippen LogP contribution >= 0.6 is 0 Å². The second-order valence-corrected chi connectivity index (χ2v) is 7.80. The van der Waals surface area contributed by atoms with Crippen molar-refractivity contribution >= 4 is 11.8 Å². The average molecular weight is 342 g/mol. The smallest absolute Gasteiger partial charge is 0.0442 e. The van der Waals surface area contributed by atoms with E-state index in [2.05, 4.69) is 49.1 Å². The summed E-state index contributed by atoms with van der Waals surface area (Å²) in [5.41, 5.74) is 4.18. The van der Waals surface area contributed by atoms with E-state index in [4.69, 9.17) is 0 Å². The molecule has 0 amide bonds. The van der Waals surface area contributed by atoms with Crippen molar-refractivity contribution in [1.29, 1.82) is 0 Å². The molecule has 0 unspecified atom stereocenters. The van der Waals surface area contributed by atoms with Gasteiger partial charge in [0.15, 0.2) is 0 Å². The van der Waals surface area contributed by atoms with Crippen LogP contribution < -0.4 is 4.90 Å². The number of unbranched alkanes of at least 4 members (excludes halogenated alkanes) is 11. The Morgan fingerprint density at radius 2 is 1.40 bits per heavy atom. The second kappa shape index (κ2) is 12.2. The van der Waals surface area contributed by atoms with Crippen molar-refractivity contribution in [2.75, 3.05) is 18.0 Å². The van der Waals surface area contributed by atoms with E-state index in [0.29, 0.717) is 0 Å². The predicted molar refractivity (Wildman–Crippen MR) is 114 cm³/mol. The molecule has 1 aliphatic heterocycles. The molecule has 140 valence electrons. The van der Waals surface area contributed by atoms with Crippen LogP contribution in [-0.2, 0) is 0 Å². The van der Waals surface area contributed by atoms with E-state index in [9.17, 15) is 0 Å². The van der Waals surface area contributed by atoms with E-state index >= 15 is 0 Å². The Hall–Kier alpha value is -1.24. The van der Waals surface area contributed by atoms with Gasteiger partial charge in [-0.25, -0.2) is 0 Å². The lowest BCUT2D eigenvalue weighted by atomic mass is 10.0. The predicted octanol–water partition coefficient (Wildman–Crippen LogP) is 7.53. The molecule has 0 radical (unpaired) electrons. The number of rotatable bonds is 13. The van der Waals surface area contributed by atoms with Crippen molar-refractivity contribution in [1.82, 2.24) is 0 Å². The average Bonchev–Trinajstić information content (AvgIpc) is 2.62. The molecule has 1 heteroatoms. The highest BCUT2D eigenvalue weighted by Gasteiger charge is 2.12. The Morgan fingerprint density at radius 1 is 0.800 bits per heavy atom. The first-order valence-electron chi connectivity index (χ1n) is 10.8. The Balaban J connectivity index is 1.48. The summed E-state index contributed by atoms with van der Waals surface area (Å²) in [5.74, 6) is 0. The number of hydrogen-bond donors (Lipinski definition) is 0. The Kier molecular flexibility index (Phi) is 9.77. The van der Waals surface area contributed by atoms with Gasteiger partial charge in [0.25, 0.3) is 0 Å². The summed E-state index contributed by atoms with van der Waals surface area (Å²) in [4.78, 5) is 2.55. The maximum Gasteiger partial charge on any atom is 0.0442 e. The van der Waals surface area contributed by atoms with Crippen molar-refractivity contribution in [3.05, 3.63) is 35.4 Å². The lowest BCUT2D eigenvalue weighted by Crippen LogP contribution is -2.27. The van der Waals surface area contributed by atoms with Crippen molar-refractivity contribution in [2.24, 2.45) is 0 Å². The van der Waals surface area contributed by atoms with Gasteiger partial charge in [0.05, 0.1) is 0 Å². The van der Waals surface area contributed by atoms with Crippen LogP contribution in [0.1, 0.15) is 95.1 Å². The maximum atomic E-state index is 2.55. The highest BCUT2D eigenvalue weighted by molar-refractivity contribution is 5.71. The molecule has 1 aromatic rings. The Labute approximate surface area is 156 Å². The van der Waals surface area contributed by atoms with Crippen LogP contribution in [-0.4, -0.2) is 13.1 Å². The van der Waals surface area contributed by atoms with Gasteiger partial charge >= 0.3 is 0 Å². The number of aryl methyl sites for hydroxylation is 1. The summed E-state index contributed by atoms with van der Waals surface area (Å²) in [6.07, 6.45) is 21.7. The molecule has 1 heterocycles. The zero-order chi connectivity index (χ0) is 17.7. The lowest BCUT2D eigenvalue weighted by molar-refractivity contribution is 0.543. The van der Waals surface area contributed by atoms with Crippen LogP contribution in [0.25, 0.3) is 6.08 Å². The quantitative estimate of drug-likeness (QED) is 0.335. The monoisotopic (exact) mass is 341 g/mol. The van der Waals surface area contributed by atoms with Gasteiger partial charge in [0.1, 0.15) is 0 Å². The first-order valence-corrected chi connectivity index (χ1v) is 10.8. The summed E-state index contributed by atoms with van der Waals surface area (Å²) in [6.45, 7) is 6.76. The number of fused-ring (bicyclic) bond motifs is 1. The van der Waals surface area contributed by atoms with Gasteiger partial charge in [-0.05, 0) is 31.0 Å². The second-order valence-electron chi connectivity index (χ2n) is 7.80. The topological polar surface area (TPSA) is 3.24 Å². The molecule has 25 heavy (non-hydrogen) atoms. The molecule has 0 atom stereocenters. The summed E-state index contributed by atoms with van der Waals surface area (Å²) in [6, 6.07) is 6.85. The Morgan fingerprint density at radius 3 is 2.04 bits per heavy atom. The molecule has 0 fully saturated rings. The highest BCUT2D eigenvalue weighted by atomic mass is 15.1. The summed E-state index contributed by atoms with van der Waals surface area (Å²) in [5, 5.41) is 0. The molecule has 0 saturated carbocycles. The molecule has 0 aliphatic carbocycles. The van der Waals surface area contributed by atoms with E-state index in [1.165, 1.54) is 100 Å². The van der Waals surface area contributed by atoms with Crippen molar-refractivity contribution in [3.8, 4) is 0 Å². The van der Waals surface area contributed by atoms with E-state index in [1.54, 1.807) is 0 Å². The van der Waals surface area contributed by atoms with Crippen LogP contribution in [0.15, 0.2) is 24.3 Å². The molecule has 1 aromatic carbocycles. The van der Waals surface area contributed by atoms with Crippen LogP contribution in [0.3, 0.4) is 0 Å². The molecular weight excluding hydrogens is 302 g/mol. The fourth-order valence-corrected chi connectivity index (χ4v) is 3.86. The van der Waals surface area contributed by atoms with Crippen molar-refractivity contribution in [2.45, 2.75) is 90.9 Å². The number of nitrogens with zero attached hydrogens (tertiary/aromatic N) is 1. The fraction of sp³-hybridized carbons (Fsp3) is 0.667. The van der Waals surface area contributed by atoms with Crippen LogP contribution in [0.4, 0.5) is 5.69 Å². The third-order valence-electron chi connectivity index (χ3n) is 5.43. The van der Waals surface area contributed by atoms with E-state index in [-0.39, 0.29) is 0 Å². The van der Waals surface area contributed by atoms with Gasteiger partial charge in [-0.3, -0.25) is 0 Å². The third kappa shape index (κ3) is 7.67. The van der Waals surface area contributed by atoms with Crippen LogP contribution in [0.5, 0.6) is 0 Å². The lowest BCUT2D eigenvalue weighted by Gasteiger charge is -2.28. The molecule has 0 saturated heterocycles. The van der Waals surface area contributed by atoms with Crippen molar-refractivity contribution in [3.63, 3.8) is 0 Å². The fourth-order valence-electron chi connectivity index (χ4n) is 3.86. The minimum absolute atomic E-state index is 1.08. The van der Waals surface area contributed by atoms with Gasteiger partial charge in [0.2, 0.25) is 0 Å². The van der Waals surface area contributed by atoms with E-state index in [0.717, 1.165) is 6.54 Å². The van der Waals surface area contributed by atoms with Gasteiger partial charge < -0.3 is 4.90 Å². The van der Waals surface area contributed by atoms with Crippen molar-refractivity contribution < 1.29 is 0 Å². The molecule has 0 bridgehead atoms. The zero-order valence-electron chi connectivity index (χ0n) is 16.7. The normalized spacial score (nSPS) is 13.3. The molecular formula is C24H39N. The number of benzene rings is 1. The summed E-state index contributed by atoms with van der Waals surface area (Å²) >= 11 is 0. The largest absolute Gasteiger partial charge is 0.367 e. The molecule has 1 nitrogen and oxygen atoms in total. The van der Waals surface area contributed by atoms with Gasteiger partial charge in [0, 0.05) is 18.8 Å². The molecule has 0 N–H and O–H groups in total. The highest BCUT2D eigenvalue weighted by Crippen LogP contribution is 2.27. The van der Waals surface area contributed by atoms with Crippen LogP contribution in [0, 0.1) is 6.92 Å². The maximum absolute atomic E-state index is 2.55. The molecule has 0 spiro atoms. The minimum atomic E-state index is 1.08. The van der Waals surface area contributed by atoms with Gasteiger partial charge in [-0.15, -0.1) is 0 Å². The number of anilines is 1. The molecule has 2 rings (SSSR count). The van der Waals surface area contributed by atoms with E-state index in [1.807, 2.05) is 0 Å². The molecule has 0 aromatic heterocycles. The van der Waals surface area contributed by atoms with E-state index < -0.39 is 0 Å².